The SMILES string of the molecule is O=C1NC2CCNCC2N1CC1CC1. The Morgan fingerprint density at radius 3 is 3.00 bits per heavy atom. The lowest BCUT2D eigenvalue weighted by Crippen LogP contribution is -2.50. The standard InChI is InChI=1S/C10H17N3O/c14-10-12-8-3-4-11-5-9(8)13(10)6-7-1-2-7/h7-9,11H,1-6H2,(H,12,14). The van der Waals surface area contributed by atoms with Crippen molar-refractivity contribution in [1.29, 1.82) is 0 Å². The third-order valence-corrected chi connectivity index (χ3v) is 3.57. The summed E-state index contributed by atoms with van der Waals surface area (Å²) in [6.45, 7) is 2.99. The second-order valence-corrected chi connectivity index (χ2v) is 4.71. The summed E-state index contributed by atoms with van der Waals surface area (Å²) in [7, 11) is 0. The van der Waals surface area contributed by atoms with Crippen LogP contribution in [0.2, 0.25) is 0 Å². The van der Waals surface area contributed by atoms with E-state index in [1.165, 1.54) is 12.8 Å². The van der Waals surface area contributed by atoms with Crippen molar-refractivity contribution in [2.45, 2.75) is 31.3 Å². The lowest BCUT2D eigenvalue weighted by molar-refractivity contribution is 0.191. The quantitative estimate of drug-likeness (QED) is 0.659. The van der Waals surface area contributed by atoms with Crippen molar-refractivity contribution in [3.8, 4) is 0 Å². The molecule has 0 bridgehead atoms. The van der Waals surface area contributed by atoms with E-state index >= 15 is 0 Å². The number of nitrogens with one attached hydrogen (secondary N) is 2. The van der Waals surface area contributed by atoms with Crippen LogP contribution in [-0.2, 0) is 0 Å². The van der Waals surface area contributed by atoms with Crippen LogP contribution >= 0.6 is 0 Å². The third-order valence-electron chi connectivity index (χ3n) is 3.57. The van der Waals surface area contributed by atoms with E-state index in [1.807, 2.05) is 0 Å². The molecule has 4 nitrogen and oxygen atoms in total. The van der Waals surface area contributed by atoms with Crippen LogP contribution in [0.25, 0.3) is 0 Å². The number of carbonyl (C=O) groups is 1. The topological polar surface area (TPSA) is 44.4 Å². The number of amides is 2. The van der Waals surface area contributed by atoms with Gasteiger partial charge in [0.05, 0.1) is 12.1 Å². The fourth-order valence-corrected chi connectivity index (χ4v) is 2.53. The second-order valence-electron chi connectivity index (χ2n) is 4.71. The minimum absolute atomic E-state index is 0.163. The lowest BCUT2D eigenvalue weighted by Gasteiger charge is -2.30. The molecule has 2 unspecified atom stereocenters. The number of carbonyl (C=O) groups excluding carboxylic acids is 1. The number of hydrogen-bond donors (Lipinski definition) is 2. The van der Waals surface area contributed by atoms with Crippen LogP contribution in [0.3, 0.4) is 0 Å². The van der Waals surface area contributed by atoms with Crippen molar-refractivity contribution in [2.24, 2.45) is 5.92 Å². The molecular weight excluding hydrogens is 178 g/mol. The predicted octanol–water partition coefficient (Wildman–Crippen LogP) is 0.152. The number of fused-ring (bicyclic) bond motifs is 1. The molecule has 2 N–H and O–H groups in total. The van der Waals surface area contributed by atoms with E-state index in [0.29, 0.717) is 12.1 Å². The van der Waals surface area contributed by atoms with E-state index in [9.17, 15) is 4.79 Å². The van der Waals surface area contributed by atoms with Gasteiger partial charge in [-0.3, -0.25) is 0 Å². The van der Waals surface area contributed by atoms with Gasteiger partial charge in [0.2, 0.25) is 0 Å². The average Bonchev–Trinajstić information content (AvgIpc) is 2.93. The zero-order valence-corrected chi connectivity index (χ0v) is 8.33. The molecule has 4 heteroatoms. The predicted molar refractivity (Wildman–Crippen MR) is 53.0 cm³/mol. The van der Waals surface area contributed by atoms with Crippen LogP contribution in [0.5, 0.6) is 0 Å². The summed E-state index contributed by atoms with van der Waals surface area (Å²) in [5, 5.41) is 6.45. The highest BCUT2D eigenvalue weighted by molar-refractivity contribution is 5.77. The summed E-state index contributed by atoms with van der Waals surface area (Å²) < 4.78 is 0. The van der Waals surface area contributed by atoms with Gasteiger partial charge in [0.15, 0.2) is 0 Å². The molecule has 2 amide bonds. The molecular formula is C10H17N3O. The Balaban J connectivity index is 1.70. The molecule has 0 aromatic heterocycles. The van der Waals surface area contributed by atoms with Gasteiger partial charge in [-0.05, 0) is 31.7 Å². The number of piperidine rings is 1. The molecule has 2 atom stereocenters. The van der Waals surface area contributed by atoms with Crippen molar-refractivity contribution in [3.05, 3.63) is 0 Å². The highest BCUT2D eigenvalue weighted by Crippen LogP contribution is 2.32. The minimum Gasteiger partial charge on any atom is -0.333 e. The molecule has 3 rings (SSSR count). The highest BCUT2D eigenvalue weighted by Gasteiger charge is 2.42. The summed E-state index contributed by atoms with van der Waals surface area (Å²) in [5.41, 5.74) is 0. The Hall–Kier alpha value is -0.770. The van der Waals surface area contributed by atoms with Gasteiger partial charge in [0.1, 0.15) is 0 Å². The normalized spacial score (nSPS) is 36.9. The molecule has 0 radical (unpaired) electrons. The number of nitrogens with zero attached hydrogens (tertiary/aromatic N) is 1. The van der Waals surface area contributed by atoms with Crippen molar-refractivity contribution < 1.29 is 4.79 Å². The van der Waals surface area contributed by atoms with Crippen LogP contribution in [0.15, 0.2) is 0 Å². The van der Waals surface area contributed by atoms with Gasteiger partial charge in [0, 0.05) is 13.1 Å². The Labute approximate surface area is 84.0 Å². The summed E-state index contributed by atoms with van der Waals surface area (Å²) >= 11 is 0. The van der Waals surface area contributed by atoms with Crippen LogP contribution < -0.4 is 10.6 Å². The maximum atomic E-state index is 11.7. The maximum absolute atomic E-state index is 11.7. The Bertz CT molecular complexity index is 252. The van der Waals surface area contributed by atoms with Gasteiger partial charge < -0.3 is 15.5 Å². The van der Waals surface area contributed by atoms with Crippen LogP contribution in [0, 0.1) is 5.92 Å². The van der Waals surface area contributed by atoms with Gasteiger partial charge >= 0.3 is 6.03 Å². The fourth-order valence-electron chi connectivity index (χ4n) is 2.53. The Morgan fingerprint density at radius 2 is 2.21 bits per heavy atom. The minimum atomic E-state index is 0.163. The smallest absolute Gasteiger partial charge is 0.318 e. The van der Waals surface area contributed by atoms with Crippen molar-refractivity contribution in [3.63, 3.8) is 0 Å². The summed E-state index contributed by atoms with van der Waals surface area (Å²) in [4.78, 5) is 13.7. The number of rotatable bonds is 2. The van der Waals surface area contributed by atoms with E-state index in [2.05, 4.69) is 15.5 Å². The van der Waals surface area contributed by atoms with E-state index in [-0.39, 0.29) is 6.03 Å². The molecule has 14 heavy (non-hydrogen) atoms. The first-order chi connectivity index (χ1) is 6.84. The van der Waals surface area contributed by atoms with Crippen molar-refractivity contribution in [1.82, 2.24) is 15.5 Å². The number of hydrogen-bond acceptors (Lipinski definition) is 2. The first-order valence-electron chi connectivity index (χ1n) is 5.62. The molecule has 3 fully saturated rings. The second kappa shape index (κ2) is 3.12. The zero-order valence-electron chi connectivity index (χ0n) is 8.33. The maximum Gasteiger partial charge on any atom is 0.318 e. The van der Waals surface area contributed by atoms with E-state index < -0.39 is 0 Å². The molecule has 0 aromatic rings. The number of urea groups is 1. The van der Waals surface area contributed by atoms with Gasteiger partial charge in [-0.15, -0.1) is 0 Å². The zero-order chi connectivity index (χ0) is 9.54. The van der Waals surface area contributed by atoms with Crippen LogP contribution in [0.4, 0.5) is 4.79 Å². The van der Waals surface area contributed by atoms with Crippen molar-refractivity contribution >= 4 is 6.03 Å². The van der Waals surface area contributed by atoms with Crippen molar-refractivity contribution in [2.75, 3.05) is 19.6 Å². The van der Waals surface area contributed by atoms with E-state index in [0.717, 1.165) is 32.0 Å². The van der Waals surface area contributed by atoms with Crippen LogP contribution in [-0.4, -0.2) is 42.6 Å². The molecule has 0 spiro atoms. The highest BCUT2D eigenvalue weighted by atomic mass is 16.2. The van der Waals surface area contributed by atoms with Gasteiger partial charge in [-0.2, -0.15) is 0 Å². The molecule has 78 valence electrons. The van der Waals surface area contributed by atoms with E-state index in [1.54, 1.807) is 0 Å². The molecule has 0 aromatic carbocycles. The Kier molecular flexibility index (Phi) is 1.90. The van der Waals surface area contributed by atoms with Crippen LogP contribution in [0.1, 0.15) is 19.3 Å². The third kappa shape index (κ3) is 1.38. The molecule has 2 saturated heterocycles. The largest absolute Gasteiger partial charge is 0.333 e. The fraction of sp³-hybridized carbons (Fsp3) is 0.900. The monoisotopic (exact) mass is 195 g/mol. The summed E-state index contributed by atoms with van der Waals surface area (Å²) in [6, 6.07) is 0.981. The molecule has 3 aliphatic rings. The molecule has 2 aliphatic heterocycles. The molecule has 2 heterocycles. The average molecular weight is 195 g/mol. The first kappa shape index (κ1) is 8.53. The lowest BCUT2D eigenvalue weighted by atomic mass is 10.0. The summed E-state index contributed by atoms with van der Waals surface area (Å²) in [6.07, 6.45) is 3.71. The van der Waals surface area contributed by atoms with Gasteiger partial charge in [0.25, 0.3) is 0 Å². The molecule has 1 saturated carbocycles. The van der Waals surface area contributed by atoms with Gasteiger partial charge in [-0.25, -0.2) is 4.79 Å². The first-order valence-corrected chi connectivity index (χ1v) is 5.62. The van der Waals surface area contributed by atoms with E-state index in [4.69, 9.17) is 0 Å². The summed E-state index contributed by atoms with van der Waals surface area (Å²) in [5.74, 6) is 0.793. The van der Waals surface area contributed by atoms with Gasteiger partial charge in [-0.1, -0.05) is 0 Å². The Morgan fingerprint density at radius 1 is 1.36 bits per heavy atom. The molecule has 1 aliphatic carbocycles.